The number of hydrogen-bond acceptors (Lipinski definition) is 4. The van der Waals surface area contributed by atoms with E-state index < -0.39 is 6.04 Å². The summed E-state index contributed by atoms with van der Waals surface area (Å²) in [6, 6.07) is 12.3. The lowest BCUT2D eigenvalue weighted by Gasteiger charge is -2.14. The Hall–Kier alpha value is -2.37. The Morgan fingerprint density at radius 1 is 1.16 bits per heavy atom. The number of carbonyl (C=O) groups is 1. The molecule has 5 heteroatoms. The molecule has 0 aliphatic carbocycles. The molecule has 0 saturated carbocycles. The molecule has 1 atom stereocenters. The average Bonchev–Trinajstić information content (AvgIpc) is 2.78. The monoisotopic (exact) mass is 339 g/mol. The first-order chi connectivity index (χ1) is 12.0. The largest absolute Gasteiger partial charge is 0.508 e. The van der Waals surface area contributed by atoms with E-state index in [4.69, 9.17) is 5.73 Å². The molecule has 2 aromatic rings. The fourth-order valence-electron chi connectivity index (χ4n) is 3.13. The van der Waals surface area contributed by atoms with Gasteiger partial charge in [0.05, 0.1) is 6.04 Å². The van der Waals surface area contributed by atoms with Gasteiger partial charge in [-0.1, -0.05) is 18.2 Å². The zero-order valence-electron chi connectivity index (χ0n) is 14.5. The molecule has 0 bridgehead atoms. The summed E-state index contributed by atoms with van der Waals surface area (Å²) in [5.74, 6) is 0.0103. The Balaban J connectivity index is 1.63. The number of aromatic hydroxyl groups is 1. The number of nitrogens with zero attached hydrogens (tertiary/aromatic N) is 1. The molecule has 25 heavy (non-hydrogen) atoms. The van der Waals surface area contributed by atoms with Crippen molar-refractivity contribution >= 4 is 11.6 Å². The minimum Gasteiger partial charge on any atom is -0.508 e. The molecule has 1 aliphatic heterocycles. The minimum atomic E-state index is -0.630. The molecule has 5 nitrogen and oxygen atoms in total. The van der Waals surface area contributed by atoms with Crippen molar-refractivity contribution in [3.8, 4) is 5.75 Å². The third kappa shape index (κ3) is 4.59. The van der Waals surface area contributed by atoms with Crippen molar-refractivity contribution in [2.45, 2.75) is 25.3 Å². The van der Waals surface area contributed by atoms with Crippen LogP contribution in [-0.4, -0.2) is 42.1 Å². The Morgan fingerprint density at radius 2 is 1.84 bits per heavy atom. The van der Waals surface area contributed by atoms with Crippen LogP contribution in [0.25, 0.3) is 0 Å². The summed E-state index contributed by atoms with van der Waals surface area (Å²) >= 11 is 0. The molecular formula is C20H25N3O2. The van der Waals surface area contributed by atoms with Gasteiger partial charge in [0.1, 0.15) is 5.75 Å². The number of rotatable bonds is 4. The lowest BCUT2D eigenvalue weighted by Crippen LogP contribution is -2.37. The van der Waals surface area contributed by atoms with Crippen molar-refractivity contribution in [1.82, 2.24) is 4.90 Å². The number of anilines is 1. The van der Waals surface area contributed by atoms with Crippen LogP contribution in [0.4, 0.5) is 5.69 Å². The zero-order valence-corrected chi connectivity index (χ0v) is 14.5. The Labute approximate surface area is 148 Å². The molecule has 0 spiro atoms. The van der Waals surface area contributed by atoms with Crippen LogP contribution in [-0.2, 0) is 24.1 Å². The number of nitrogens with one attached hydrogen (secondary N) is 1. The van der Waals surface area contributed by atoms with Crippen LogP contribution in [0, 0.1) is 0 Å². The number of amides is 1. The van der Waals surface area contributed by atoms with E-state index in [9.17, 15) is 9.90 Å². The third-order valence-electron chi connectivity index (χ3n) is 4.73. The molecule has 0 unspecified atom stereocenters. The van der Waals surface area contributed by atoms with Gasteiger partial charge in [-0.3, -0.25) is 4.79 Å². The molecule has 1 aliphatic rings. The van der Waals surface area contributed by atoms with Crippen molar-refractivity contribution < 1.29 is 9.90 Å². The van der Waals surface area contributed by atoms with Crippen LogP contribution < -0.4 is 11.1 Å². The van der Waals surface area contributed by atoms with Gasteiger partial charge in [-0.25, -0.2) is 0 Å². The highest BCUT2D eigenvalue weighted by molar-refractivity contribution is 5.95. The summed E-state index contributed by atoms with van der Waals surface area (Å²) in [6.45, 7) is 2.10. The fraction of sp³-hybridized carbons (Fsp3) is 0.350. The van der Waals surface area contributed by atoms with Gasteiger partial charge in [-0.2, -0.15) is 0 Å². The lowest BCUT2D eigenvalue weighted by atomic mass is 10.0. The van der Waals surface area contributed by atoms with Crippen molar-refractivity contribution in [2.24, 2.45) is 5.73 Å². The van der Waals surface area contributed by atoms with Crippen LogP contribution in [0.1, 0.15) is 16.7 Å². The predicted octanol–water partition coefficient (Wildman–Crippen LogP) is 1.93. The number of phenols is 1. The second-order valence-corrected chi connectivity index (χ2v) is 6.75. The quantitative estimate of drug-likeness (QED) is 0.795. The average molecular weight is 339 g/mol. The number of benzene rings is 2. The van der Waals surface area contributed by atoms with E-state index in [0.29, 0.717) is 6.42 Å². The molecule has 0 fully saturated rings. The second kappa shape index (κ2) is 7.68. The summed E-state index contributed by atoms with van der Waals surface area (Å²) in [6.07, 6.45) is 2.47. The molecule has 0 saturated heterocycles. The van der Waals surface area contributed by atoms with Crippen LogP contribution in [0.3, 0.4) is 0 Å². The number of carbonyl (C=O) groups excluding carboxylic acids is 1. The van der Waals surface area contributed by atoms with Crippen LogP contribution in [0.5, 0.6) is 5.75 Å². The van der Waals surface area contributed by atoms with E-state index in [0.717, 1.165) is 37.2 Å². The molecule has 4 N–H and O–H groups in total. The molecule has 3 rings (SSSR count). The molecule has 132 valence electrons. The van der Waals surface area contributed by atoms with E-state index in [1.165, 1.54) is 11.1 Å². The Bertz CT molecular complexity index is 743. The van der Waals surface area contributed by atoms with Gasteiger partial charge in [0.2, 0.25) is 5.91 Å². The maximum Gasteiger partial charge on any atom is 0.241 e. The number of likely N-dealkylation sites (N-methyl/N-ethyl adjacent to an activating group) is 1. The van der Waals surface area contributed by atoms with Gasteiger partial charge in [0.15, 0.2) is 0 Å². The summed E-state index contributed by atoms with van der Waals surface area (Å²) < 4.78 is 0. The van der Waals surface area contributed by atoms with E-state index in [1.807, 2.05) is 6.07 Å². The maximum atomic E-state index is 12.4. The van der Waals surface area contributed by atoms with Gasteiger partial charge in [-0.15, -0.1) is 0 Å². The first-order valence-electron chi connectivity index (χ1n) is 8.66. The van der Waals surface area contributed by atoms with Gasteiger partial charge < -0.3 is 21.1 Å². The van der Waals surface area contributed by atoms with Crippen molar-refractivity contribution in [1.29, 1.82) is 0 Å². The summed E-state index contributed by atoms with van der Waals surface area (Å²) in [5.41, 5.74) is 10.4. The Kier molecular flexibility index (Phi) is 5.36. The van der Waals surface area contributed by atoms with Crippen LogP contribution in [0.15, 0.2) is 42.5 Å². The Morgan fingerprint density at radius 3 is 2.56 bits per heavy atom. The first kappa shape index (κ1) is 17.5. The smallest absolute Gasteiger partial charge is 0.241 e. The molecule has 1 amide bonds. The van der Waals surface area contributed by atoms with Gasteiger partial charge in [-0.05, 0) is 67.3 Å². The topological polar surface area (TPSA) is 78.6 Å². The molecule has 2 aromatic carbocycles. The molecule has 1 heterocycles. The SMILES string of the molecule is CN1CCc2ccc(NC(=O)[C@H](N)Cc3ccc(O)cc3)cc2CC1. The van der Waals surface area contributed by atoms with Gasteiger partial charge >= 0.3 is 0 Å². The van der Waals surface area contributed by atoms with Crippen molar-refractivity contribution in [3.05, 3.63) is 59.2 Å². The van der Waals surface area contributed by atoms with E-state index in [2.05, 4.69) is 29.4 Å². The van der Waals surface area contributed by atoms with E-state index in [-0.39, 0.29) is 11.7 Å². The van der Waals surface area contributed by atoms with E-state index in [1.54, 1.807) is 24.3 Å². The summed E-state index contributed by atoms with van der Waals surface area (Å²) in [7, 11) is 2.14. The summed E-state index contributed by atoms with van der Waals surface area (Å²) in [5, 5.41) is 12.2. The lowest BCUT2D eigenvalue weighted by molar-refractivity contribution is -0.117. The molecule has 0 radical (unpaired) electrons. The zero-order chi connectivity index (χ0) is 17.8. The molecular weight excluding hydrogens is 314 g/mol. The van der Waals surface area contributed by atoms with Gasteiger partial charge in [0.25, 0.3) is 0 Å². The highest BCUT2D eigenvalue weighted by atomic mass is 16.3. The minimum absolute atomic E-state index is 0.196. The second-order valence-electron chi connectivity index (χ2n) is 6.75. The van der Waals surface area contributed by atoms with Crippen molar-refractivity contribution in [2.75, 3.05) is 25.5 Å². The number of hydrogen-bond donors (Lipinski definition) is 3. The molecule has 0 aromatic heterocycles. The fourth-order valence-corrected chi connectivity index (χ4v) is 3.13. The highest BCUT2D eigenvalue weighted by Gasteiger charge is 2.16. The highest BCUT2D eigenvalue weighted by Crippen LogP contribution is 2.20. The first-order valence-corrected chi connectivity index (χ1v) is 8.66. The maximum absolute atomic E-state index is 12.4. The summed E-state index contributed by atoms with van der Waals surface area (Å²) in [4.78, 5) is 14.7. The van der Waals surface area contributed by atoms with Crippen LogP contribution in [0.2, 0.25) is 0 Å². The standard InChI is InChI=1S/C20H25N3O2/c1-23-10-8-15-4-5-17(13-16(15)9-11-23)22-20(25)19(21)12-14-2-6-18(24)7-3-14/h2-7,13,19,24H,8-12,21H2,1H3,(H,22,25)/t19-/m1/s1. The predicted molar refractivity (Wildman–Crippen MR) is 99.8 cm³/mol. The number of phenolic OH excluding ortho intramolecular Hbond substituents is 1. The van der Waals surface area contributed by atoms with Gasteiger partial charge in [0, 0.05) is 18.8 Å². The van der Waals surface area contributed by atoms with Crippen LogP contribution >= 0.6 is 0 Å². The third-order valence-corrected chi connectivity index (χ3v) is 4.73. The number of nitrogens with two attached hydrogens (primary N) is 1. The number of fused-ring (bicyclic) bond motifs is 1. The van der Waals surface area contributed by atoms with E-state index >= 15 is 0 Å². The van der Waals surface area contributed by atoms with Crippen molar-refractivity contribution in [3.63, 3.8) is 0 Å². The normalized spacial score (nSPS) is 15.9.